The average molecular weight is 573 g/mol. The minimum atomic E-state index is -0.862. The first-order chi connectivity index (χ1) is 18.8. The molecular formula is C31H28N2O3S3. The van der Waals surface area contributed by atoms with E-state index in [2.05, 4.69) is 36.4 Å². The summed E-state index contributed by atoms with van der Waals surface area (Å²) < 4.78 is 0. The van der Waals surface area contributed by atoms with Gasteiger partial charge in [-0.3, -0.25) is 9.59 Å². The predicted octanol–water partition coefficient (Wildman–Crippen LogP) is 7.22. The maximum Gasteiger partial charge on any atom is 0.307 e. The highest BCUT2D eigenvalue weighted by molar-refractivity contribution is 7.28. The van der Waals surface area contributed by atoms with Crippen molar-refractivity contribution < 1.29 is 14.7 Å². The highest BCUT2D eigenvalue weighted by atomic mass is 32.1. The number of hydrogen-bond donors (Lipinski definition) is 3. The van der Waals surface area contributed by atoms with Gasteiger partial charge in [-0.25, -0.2) is 0 Å². The van der Waals surface area contributed by atoms with Gasteiger partial charge in [0.25, 0.3) is 0 Å². The Hall–Kier alpha value is -3.40. The lowest BCUT2D eigenvalue weighted by Crippen LogP contribution is -1.99. The molecule has 0 unspecified atom stereocenters. The van der Waals surface area contributed by atoms with Crippen LogP contribution in [0.4, 0.5) is 0 Å². The van der Waals surface area contributed by atoms with Crippen LogP contribution in [0.2, 0.25) is 0 Å². The molecule has 8 heteroatoms. The van der Waals surface area contributed by atoms with E-state index in [0.29, 0.717) is 19.5 Å². The number of nitrogens with two attached hydrogens (primary N) is 2. The highest BCUT2D eigenvalue weighted by Gasteiger charge is 2.20. The summed E-state index contributed by atoms with van der Waals surface area (Å²) in [5, 5.41) is 9.61. The third-order valence-corrected chi connectivity index (χ3v) is 10.2. The van der Waals surface area contributed by atoms with Gasteiger partial charge in [0.15, 0.2) is 0 Å². The molecule has 3 aromatic heterocycles. The largest absolute Gasteiger partial charge is 0.481 e. The standard InChI is InChI=1S/C31H28N2O3S3/c1-18(34)10-23-13-27(21-6-2-4-19(11-21)16-32)38-30(23)25-8-9-26(37-25)31-24(15-29(35)36)14-28(39-31)22-7-3-5-20(12-22)17-33/h2-9,11-14H,10,15-17,32-33H2,1H3,(H,35,36). The van der Waals surface area contributed by atoms with Gasteiger partial charge in [-0.1, -0.05) is 36.4 Å². The van der Waals surface area contributed by atoms with Crippen LogP contribution in [0, 0.1) is 0 Å². The van der Waals surface area contributed by atoms with Crippen LogP contribution in [-0.4, -0.2) is 16.9 Å². The van der Waals surface area contributed by atoms with Crippen LogP contribution in [0.25, 0.3) is 40.4 Å². The van der Waals surface area contributed by atoms with Gasteiger partial charge in [-0.15, -0.1) is 34.0 Å². The molecule has 0 radical (unpaired) electrons. The van der Waals surface area contributed by atoms with E-state index < -0.39 is 5.97 Å². The summed E-state index contributed by atoms with van der Waals surface area (Å²) in [6.07, 6.45) is 0.312. The molecule has 39 heavy (non-hydrogen) atoms. The zero-order valence-corrected chi connectivity index (χ0v) is 23.8. The number of hydrogen-bond acceptors (Lipinski definition) is 7. The third-order valence-electron chi connectivity index (χ3n) is 6.35. The van der Waals surface area contributed by atoms with E-state index in [1.165, 1.54) is 0 Å². The molecule has 0 fully saturated rings. The van der Waals surface area contributed by atoms with Crippen molar-refractivity contribution in [1.82, 2.24) is 0 Å². The zero-order chi connectivity index (χ0) is 27.5. The SMILES string of the molecule is CC(=O)Cc1cc(-c2cccc(CN)c2)sc1-c1ccc(-c2sc(-c3cccc(CN)c3)cc2CC(=O)O)s1. The van der Waals surface area contributed by atoms with Crippen LogP contribution >= 0.6 is 34.0 Å². The number of carboxylic acid groups (broad SMARTS) is 1. The summed E-state index contributed by atoms with van der Waals surface area (Å²) in [5.41, 5.74) is 17.7. The number of benzene rings is 2. The van der Waals surface area contributed by atoms with Crippen LogP contribution in [-0.2, 0) is 35.5 Å². The fourth-order valence-electron chi connectivity index (χ4n) is 4.54. The van der Waals surface area contributed by atoms with Crippen molar-refractivity contribution in [1.29, 1.82) is 0 Å². The van der Waals surface area contributed by atoms with Crippen LogP contribution in [0.15, 0.2) is 72.8 Å². The van der Waals surface area contributed by atoms with E-state index in [1.807, 2.05) is 36.4 Å². The van der Waals surface area contributed by atoms with Crippen molar-refractivity contribution >= 4 is 45.8 Å². The van der Waals surface area contributed by atoms with Crippen molar-refractivity contribution in [3.05, 3.63) is 95.1 Å². The first-order valence-corrected chi connectivity index (χ1v) is 15.0. The van der Waals surface area contributed by atoms with Crippen molar-refractivity contribution in [2.45, 2.75) is 32.9 Å². The van der Waals surface area contributed by atoms with Crippen LogP contribution in [0.1, 0.15) is 29.2 Å². The van der Waals surface area contributed by atoms with Crippen molar-refractivity contribution in [3.63, 3.8) is 0 Å². The van der Waals surface area contributed by atoms with E-state index in [0.717, 1.165) is 62.6 Å². The first kappa shape index (κ1) is 27.2. The van der Waals surface area contributed by atoms with Crippen LogP contribution in [0.5, 0.6) is 0 Å². The number of thiophene rings is 3. The molecule has 0 amide bonds. The van der Waals surface area contributed by atoms with E-state index in [1.54, 1.807) is 40.9 Å². The van der Waals surface area contributed by atoms with Gasteiger partial charge in [-0.05, 0) is 76.7 Å². The summed E-state index contributed by atoms with van der Waals surface area (Å²) in [5.74, 6) is -0.751. The van der Waals surface area contributed by atoms with Gasteiger partial charge in [0.05, 0.1) is 6.42 Å². The minimum absolute atomic E-state index is 0.0497. The molecule has 0 saturated heterocycles. The second-order valence-electron chi connectivity index (χ2n) is 9.35. The first-order valence-electron chi connectivity index (χ1n) is 12.5. The predicted molar refractivity (Wildman–Crippen MR) is 163 cm³/mol. The maximum atomic E-state index is 12.1. The Kier molecular flexibility index (Phi) is 8.20. The number of rotatable bonds is 10. The molecular weight excluding hydrogens is 545 g/mol. The van der Waals surface area contributed by atoms with E-state index in [9.17, 15) is 14.7 Å². The quantitative estimate of drug-likeness (QED) is 0.164. The Morgan fingerprint density at radius 1 is 0.667 bits per heavy atom. The van der Waals surface area contributed by atoms with Crippen LogP contribution < -0.4 is 11.5 Å². The summed E-state index contributed by atoms with van der Waals surface area (Å²) >= 11 is 4.90. The lowest BCUT2D eigenvalue weighted by Gasteiger charge is -2.01. The number of Topliss-reactive ketones (excluding diaryl/α,β-unsaturated/α-hetero) is 1. The fourth-order valence-corrected chi connectivity index (χ4v) is 8.19. The molecule has 3 heterocycles. The number of carbonyl (C=O) groups is 2. The van der Waals surface area contributed by atoms with Crippen LogP contribution in [0.3, 0.4) is 0 Å². The Balaban J connectivity index is 1.56. The van der Waals surface area contributed by atoms with E-state index >= 15 is 0 Å². The topological polar surface area (TPSA) is 106 Å². The van der Waals surface area contributed by atoms with E-state index in [4.69, 9.17) is 11.5 Å². The second-order valence-corrected chi connectivity index (χ2v) is 12.5. The molecule has 0 spiro atoms. The van der Waals surface area contributed by atoms with Gasteiger partial charge in [0.2, 0.25) is 0 Å². The van der Waals surface area contributed by atoms with E-state index in [-0.39, 0.29) is 12.2 Å². The van der Waals surface area contributed by atoms with Crippen molar-refractivity contribution in [2.24, 2.45) is 11.5 Å². The van der Waals surface area contributed by atoms with Gasteiger partial charge >= 0.3 is 5.97 Å². The summed E-state index contributed by atoms with van der Waals surface area (Å²) in [6.45, 7) is 2.53. The summed E-state index contributed by atoms with van der Waals surface area (Å²) in [7, 11) is 0. The molecule has 5 aromatic rings. The molecule has 0 aliphatic carbocycles. The molecule has 0 aliphatic rings. The lowest BCUT2D eigenvalue weighted by molar-refractivity contribution is -0.136. The molecule has 0 atom stereocenters. The maximum absolute atomic E-state index is 12.1. The van der Waals surface area contributed by atoms with Gasteiger partial charge in [0.1, 0.15) is 5.78 Å². The molecule has 0 bridgehead atoms. The molecule has 198 valence electrons. The Morgan fingerprint density at radius 2 is 1.15 bits per heavy atom. The summed E-state index contributed by atoms with van der Waals surface area (Å²) in [6, 6.07) is 24.5. The second kappa shape index (κ2) is 11.8. The molecule has 0 aliphatic heterocycles. The Labute approximate surface area is 239 Å². The number of ketones is 1. The monoisotopic (exact) mass is 572 g/mol. The van der Waals surface area contributed by atoms with Gasteiger partial charge in [-0.2, -0.15) is 0 Å². The Morgan fingerprint density at radius 3 is 1.59 bits per heavy atom. The highest BCUT2D eigenvalue weighted by Crippen LogP contribution is 2.46. The minimum Gasteiger partial charge on any atom is -0.481 e. The average Bonchev–Trinajstić information content (AvgIpc) is 3.66. The Bertz CT molecular complexity index is 1540. The van der Waals surface area contributed by atoms with Gasteiger partial charge in [0, 0.05) is 48.8 Å². The van der Waals surface area contributed by atoms with Gasteiger partial charge < -0.3 is 16.6 Å². The number of aliphatic carboxylic acids is 1. The fraction of sp³-hybridized carbons (Fsp3) is 0.161. The molecule has 0 saturated carbocycles. The molecule has 5 N–H and O–H groups in total. The number of carboxylic acids is 1. The molecule has 5 nitrogen and oxygen atoms in total. The zero-order valence-electron chi connectivity index (χ0n) is 21.4. The molecule has 2 aromatic carbocycles. The summed E-state index contributed by atoms with van der Waals surface area (Å²) in [4.78, 5) is 30.1. The molecule has 5 rings (SSSR count). The smallest absolute Gasteiger partial charge is 0.307 e. The lowest BCUT2D eigenvalue weighted by atomic mass is 10.1. The van der Waals surface area contributed by atoms with Crippen molar-refractivity contribution in [3.8, 4) is 40.4 Å². The third kappa shape index (κ3) is 6.11. The normalized spacial score (nSPS) is 11.2. The number of carbonyl (C=O) groups excluding carboxylic acids is 1. The van der Waals surface area contributed by atoms with Crippen molar-refractivity contribution in [2.75, 3.05) is 0 Å².